The molecule has 67 heavy (non-hydrogen) atoms. The van der Waals surface area contributed by atoms with Crippen LogP contribution in [-0.4, -0.2) is 4.57 Å². The first-order chi connectivity index (χ1) is 33.3. The Balaban J connectivity index is 1.09. The molecule has 2 heteroatoms. The molecule has 2 nitrogen and oxygen atoms in total. The van der Waals surface area contributed by atoms with Gasteiger partial charge >= 0.3 is 0 Å². The minimum absolute atomic E-state index is 0.543. The third-order valence-electron chi connectivity index (χ3n) is 14.1. The van der Waals surface area contributed by atoms with Crippen LogP contribution in [0.5, 0.6) is 0 Å². The Bertz CT molecular complexity index is 3770. The van der Waals surface area contributed by atoms with E-state index in [1.165, 1.54) is 82.7 Å². The van der Waals surface area contributed by atoms with Crippen molar-refractivity contribution in [3.05, 3.63) is 289 Å². The molecule has 0 aliphatic heterocycles. The molecule has 0 saturated heterocycles. The molecule has 1 aliphatic rings. The molecule has 13 rings (SSSR count). The van der Waals surface area contributed by atoms with Crippen LogP contribution >= 0.6 is 0 Å². The van der Waals surface area contributed by atoms with Crippen molar-refractivity contribution in [2.75, 3.05) is 4.90 Å². The lowest BCUT2D eigenvalue weighted by Gasteiger charge is -2.35. The predicted molar refractivity (Wildman–Crippen MR) is 281 cm³/mol. The molecule has 1 heterocycles. The number of para-hydroxylation sites is 2. The maximum absolute atomic E-state index is 2.48. The summed E-state index contributed by atoms with van der Waals surface area (Å²) in [5.74, 6) is 0. The van der Waals surface area contributed by atoms with E-state index in [4.69, 9.17) is 0 Å². The van der Waals surface area contributed by atoms with E-state index < -0.39 is 5.41 Å². The third-order valence-corrected chi connectivity index (χ3v) is 14.1. The quantitative estimate of drug-likeness (QED) is 0.148. The number of fused-ring (bicyclic) bond motifs is 7. The molecule has 12 aromatic rings. The van der Waals surface area contributed by atoms with Gasteiger partial charge in [-0.15, -0.1) is 0 Å². The van der Waals surface area contributed by atoms with Crippen molar-refractivity contribution in [1.29, 1.82) is 0 Å². The molecule has 11 aromatic carbocycles. The van der Waals surface area contributed by atoms with E-state index in [9.17, 15) is 0 Å². The van der Waals surface area contributed by atoms with Crippen molar-refractivity contribution in [3.63, 3.8) is 0 Å². The Morgan fingerprint density at radius 1 is 0.299 bits per heavy atom. The highest BCUT2D eigenvalue weighted by Gasteiger charge is 2.46. The summed E-state index contributed by atoms with van der Waals surface area (Å²) in [6.07, 6.45) is 0. The van der Waals surface area contributed by atoms with Gasteiger partial charge in [-0.1, -0.05) is 218 Å². The molecule has 0 radical (unpaired) electrons. The average Bonchev–Trinajstić information content (AvgIpc) is 3.89. The fourth-order valence-corrected chi connectivity index (χ4v) is 11.2. The van der Waals surface area contributed by atoms with Crippen LogP contribution in [0.15, 0.2) is 267 Å². The normalized spacial score (nSPS) is 12.6. The van der Waals surface area contributed by atoms with Gasteiger partial charge in [0.05, 0.1) is 22.1 Å². The Morgan fingerprint density at radius 3 is 1.64 bits per heavy atom. The zero-order chi connectivity index (χ0) is 44.3. The van der Waals surface area contributed by atoms with Gasteiger partial charge in [0, 0.05) is 33.4 Å². The minimum Gasteiger partial charge on any atom is -0.310 e. The largest absolute Gasteiger partial charge is 0.310 e. The van der Waals surface area contributed by atoms with Crippen molar-refractivity contribution in [1.82, 2.24) is 4.57 Å². The van der Waals surface area contributed by atoms with Crippen molar-refractivity contribution in [3.8, 4) is 39.1 Å². The van der Waals surface area contributed by atoms with Gasteiger partial charge < -0.3 is 9.47 Å². The SMILES string of the molecule is c1ccc(-c2ccccc2-n2c3ccccc3c3ccc(N(c4cccc(-c5cccc6ccccc56)c4)c4ccc5c(c4)C(c4ccccc4)(c4ccccc4)c4ccccc4-5)cc32)cc1. The minimum atomic E-state index is -0.543. The highest BCUT2D eigenvalue weighted by Crippen LogP contribution is 2.57. The molecule has 0 fully saturated rings. The summed E-state index contributed by atoms with van der Waals surface area (Å²) in [7, 11) is 0. The predicted octanol–water partition coefficient (Wildman–Crippen LogP) is 17.1. The molecule has 0 saturated carbocycles. The van der Waals surface area contributed by atoms with E-state index >= 15 is 0 Å². The van der Waals surface area contributed by atoms with E-state index in [2.05, 4.69) is 276 Å². The summed E-state index contributed by atoms with van der Waals surface area (Å²) >= 11 is 0. The lowest BCUT2D eigenvalue weighted by Crippen LogP contribution is -2.28. The second-order valence-electron chi connectivity index (χ2n) is 17.6. The van der Waals surface area contributed by atoms with Crippen LogP contribution in [0.3, 0.4) is 0 Å². The maximum Gasteiger partial charge on any atom is 0.0714 e. The first-order valence-electron chi connectivity index (χ1n) is 23.2. The number of rotatable bonds is 8. The molecule has 0 N–H and O–H groups in total. The summed E-state index contributed by atoms with van der Waals surface area (Å²) in [4.78, 5) is 2.48. The molecule has 0 bridgehead atoms. The number of hydrogen-bond acceptors (Lipinski definition) is 1. The number of hydrogen-bond donors (Lipinski definition) is 0. The molecule has 0 atom stereocenters. The monoisotopic (exact) mass is 852 g/mol. The Kier molecular flexibility index (Phi) is 9.11. The van der Waals surface area contributed by atoms with E-state index in [1.54, 1.807) is 0 Å². The Morgan fingerprint density at radius 2 is 0.836 bits per heavy atom. The summed E-state index contributed by atoms with van der Waals surface area (Å²) in [5, 5.41) is 4.90. The van der Waals surface area contributed by atoms with Crippen LogP contribution in [-0.2, 0) is 5.41 Å². The third kappa shape index (κ3) is 6.11. The molecule has 0 unspecified atom stereocenters. The number of aromatic nitrogens is 1. The van der Waals surface area contributed by atoms with E-state index in [0.717, 1.165) is 28.3 Å². The lowest BCUT2D eigenvalue weighted by molar-refractivity contribution is 0.768. The van der Waals surface area contributed by atoms with Gasteiger partial charge in [0.15, 0.2) is 0 Å². The first kappa shape index (κ1) is 38.7. The fraction of sp³-hybridized carbons (Fsp3) is 0.0154. The number of benzene rings is 11. The molecule has 1 aliphatic carbocycles. The van der Waals surface area contributed by atoms with Crippen LogP contribution in [0.1, 0.15) is 22.3 Å². The average molecular weight is 853 g/mol. The number of nitrogens with zero attached hydrogens (tertiary/aromatic N) is 2. The number of anilines is 3. The summed E-state index contributed by atoms with van der Waals surface area (Å²) in [6.45, 7) is 0. The van der Waals surface area contributed by atoms with Gasteiger partial charge in [0.25, 0.3) is 0 Å². The van der Waals surface area contributed by atoms with Crippen molar-refractivity contribution in [2.45, 2.75) is 5.41 Å². The van der Waals surface area contributed by atoms with E-state index in [-0.39, 0.29) is 0 Å². The van der Waals surface area contributed by atoms with Gasteiger partial charge in [-0.25, -0.2) is 0 Å². The maximum atomic E-state index is 2.48. The summed E-state index contributed by atoms with van der Waals surface area (Å²) in [5.41, 5.74) is 18.5. The van der Waals surface area contributed by atoms with Crippen molar-refractivity contribution >= 4 is 49.6 Å². The highest BCUT2D eigenvalue weighted by molar-refractivity contribution is 6.11. The van der Waals surface area contributed by atoms with Crippen LogP contribution in [0.4, 0.5) is 17.1 Å². The van der Waals surface area contributed by atoms with Gasteiger partial charge in [-0.3, -0.25) is 0 Å². The first-order valence-corrected chi connectivity index (χ1v) is 23.2. The van der Waals surface area contributed by atoms with Crippen LogP contribution < -0.4 is 4.90 Å². The smallest absolute Gasteiger partial charge is 0.0714 e. The fourth-order valence-electron chi connectivity index (χ4n) is 11.2. The molecule has 0 amide bonds. The lowest BCUT2D eigenvalue weighted by atomic mass is 9.67. The molecule has 1 aromatic heterocycles. The second-order valence-corrected chi connectivity index (χ2v) is 17.6. The van der Waals surface area contributed by atoms with E-state index in [0.29, 0.717) is 0 Å². The Labute approximate surface area is 390 Å². The zero-order valence-corrected chi connectivity index (χ0v) is 36.8. The van der Waals surface area contributed by atoms with E-state index in [1.807, 2.05) is 0 Å². The molecular formula is C65H44N2. The highest BCUT2D eigenvalue weighted by atomic mass is 15.1. The molecule has 314 valence electrons. The summed E-state index contributed by atoms with van der Waals surface area (Å²) in [6, 6.07) is 98.2. The van der Waals surface area contributed by atoms with Gasteiger partial charge in [-0.2, -0.15) is 0 Å². The topological polar surface area (TPSA) is 8.17 Å². The van der Waals surface area contributed by atoms with Crippen LogP contribution in [0.25, 0.3) is 71.6 Å². The zero-order valence-electron chi connectivity index (χ0n) is 36.8. The van der Waals surface area contributed by atoms with Gasteiger partial charge in [0.2, 0.25) is 0 Å². The molecule has 0 spiro atoms. The molecular weight excluding hydrogens is 809 g/mol. The van der Waals surface area contributed by atoms with Gasteiger partial charge in [0.1, 0.15) is 0 Å². The second kappa shape index (κ2) is 15.8. The van der Waals surface area contributed by atoms with Crippen LogP contribution in [0, 0.1) is 0 Å². The summed E-state index contributed by atoms with van der Waals surface area (Å²) < 4.78 is 2.47. The van der Waals surface area contributed by atoms with Crippen molar-refractivity contribution in [2.24, 2.45) is 0 Å². The Hall–Kier alpha value is -8.72. The van der Waals surface area contributed by atoms with Gasteiger partial charge in [-0.05, 0) is 109 Å². The standard InChI is InChI=1S/C65H44N2/c1-4-20-46(21-5-1)55-31-13-16-36-62(55)67-63-37-17-14-33-58(63)59-41-39-52(44-64(59)67)66(50-29-18-24-47(42-50)54-34-19-23-45-22-10-11-30-53(45)54)51-38-40-57-56-32-12-15-35-60(56)65(61(57)43-51,48-25-6-2-7-26-48)49-27-8-3-9-28-49/h1-44H. The van der Waals surface area contributed by atoms with Crippen molar-refractivity contribution < 1.29 is 0 Å². The van der Waals surface area contributed by atoms with Crippen LogP contribution in [0.2, 0.25) is 0 Å².